The number of carbonyl (C=O) groups excluding carboxylic acids is 1. The van der Waals surface area contributed by atoms with Gasteiger partial charge in [0.2, 0.25) is 0 Å². The van der Waals surface area contributed by atoms with Gasteiger partial charge in [-0.1, -0.05) is 49.7 Å². The van der Waals surface area contributed by atoms with Gasteiger partial charge >= 0.3 is 0 Å². The first-order valence-electron chi connectivity index (χ1n) is 7.08. The van der Waals surface area contributed by atoms with Crippen molar-refractivity contribution in [1.82, 2.24) is 0 Å². The predicted molar refractivity (Wildman–Crippen MR) is 84.3 cm³/mol. The van der Waals surface area contributed by atoms with Crippen molar-refractivity contribution in [2.24, 2.45) is 0 Å². The van der Waals surface area contributed by atoms with Crippen LogP contribution < -0.4 is 5.32 Å². The maximum Gasteiger partial charge on any atom is 0.255 e. The second kappa shape index (κ2) is 6.38. The lowest BCUT2D eigenvalue weighted by Gasteiger charge is -2.15. The van der Waals surface area contributed by atoms with Crippen LogP contribution in [-0.2, 0) is 0 Å². The maximum atomic E-state index is 12.3. The lowest BCUT2D eigenvalue weighted by atomic mass is 9.97. The molecule has 1 N–H and O–H groups in total. The molecule has 0 heterocycles. The zero-order valence-electron chi connectivity index (χ0n) is 12.3. The highest BCUT2D eigenvalue weighted by atomic mass is 16.1. The highest BCUT2D eigenvalue weighted by molar-refractivity contribution is 6.04. The van der Waals surface area contributed by atoms with Crippen LogP contribution in [0.25, 0.3) is 0 Å². The summed E-state index contributed by atoms with van der Waals surface area (Å²) in [5.74, 6) is 0.380. The number of para-hydroxylation sites is 1. The third-order valence-electron chi connectivity index (χ3n) is 3.67. The van der Waals surface area contributed by atoms with E-state index in [1.54, 1.807) is 0 Å². The van der Waals surface area contributed by atoms with Gasteiger partial charge < -0.3 is 5.32 Å². The summed E-state index contributed by atoms with van der Waals surface area (Å²) in [6.45, 7) is 6.35. The van der Waals surface area contributed by atoms with E-state index in [1.807, 2.05) is 49.4 Å². The Labute approximate surface area is 120 Å². The highest BCUT2D eigenvalue weighted by Crippen LogP contribution is 2.26. The van der Waals surface area contributed by atoms with Crippen LogP contribution in [0, 0.1) is 6.92 Å². The van der Waals surface area contributed by atoms with Gasteiger partial charge in [0.05, 0.1) is 0 Å². The topological polar surface area (TPSA) is 29.1 Å². The van der Waals surface area contributed by atoms with Crippen LogP contribution in [0.1, 0.15) is 47.7 Å². The van der Waals surface area contributed by atoms with E-state index in [-0.39, 0.29) is 5.91 Å². The van der Waals surface area contributed by atoms with E-state index >= 15 is 0 Å². The van der Waals surface area contributed by atoms with Gasteiger partial charge in [-0.25, -0.2) is 0 Å². The highest BCUT2D eigenvalue weighted by Gasteiger charge is 2.11. The minimum Gasteiger partial charge on any atom is -0.322 e. The Morgan fingerprint density at radius 2 is 1.75 bits per heavy atom. The molecule has 0 aliphatic carbocycles. The molecule has 0 aliphatic rings. The molecule has 0 radical (unpaired) electrons. The van der Waals surface area contributed by atoms with Gasteiger partial charge in [-0.2, -0.15) is 0 Å². The van der Waals surface area contributed by atoms with Crippen LogP contribution in [0.5, 0.6) is 0 Å². The molecule has 1 unspecified atom stereocenters. The van der Waals surface area contributed by atoms with Crippen molar-refractivity contribution in [1.29, 1.82) is 0 Å². The fraction of sp³-hybridized carbons (Fsp3) is 0.278. The summed E-state index contributed by atoms with van der Waals surface area (Å²) in [7, 11) is 0. The Bertz CT molecular complexity index is 587. The van der Waals surface area contributed by atoms with Crippen molar-refractivity contribution in [3.8, 4) is 0 Å². The number of hydrogen-bond acceptors (Lipinski definition) is 1. The fourth-order valence-corrected chi connectivity index (χ4v) is 2.16. The molecule has 2 nitrogen and oxygen atoms in total. The number of benzene rings is 2. The quantitative estimate of drug-likeness (QED) is 0.850. The zero-order valence-corrected chi connectivity index (χ0v) is 12.3. The van der Waals surface area contributed by atoms with Crippen LogP contribution in [0.15, 0.2) is 48.5 Å². The molecule has 0 saturated heterocycles. The van der Waals surface area contributed by atoms with E-state index in [9.17, 15) is 4.79 Å². The Morgan fingerprint density at radius 3 is 2.40 bits per heavy atom. The summed E-state index contributed by atoms with van der Waals surface area (Å²) in [4.78, 5) is 12.3. The zero-order chi connectivity index (χ0) is 14.5. The summed E-state index contributed by atoms with van der Waals surface area (Å²) in [5.41, 5.74) is 3.94. The number of rotatable bonds is 4. The summed E-state index contributed by atoms with van der Waals surface area (Å²) in [6, 6.07) is 15.6. The third-order valence-corrected chi connectivity index (χ3v) is 3.67. The minimum absolute atomic E-state index is 0.0549. The Morgan fingerprint density at radius 1 is 1.10 bits per heavy atom. The van der Waals surface area contributed by atoms with E-state index in [1.165, 1.54) is 5.56 Å². The van der Waals surface area contributed by atoms with E-state index < -0.39 is 0 Å². The smallest absolute Gasteiger partial charge is 0.255 e. The number of hydrogen-bond donors (Lipinski definition) is 1. The lowest BCUT2D eigenvalue weighted by Crippen LogP contribution is -2.13. The normalized spacial score (nSPS) is 11.9. The van der Waals surface area contributed by atoms with Crippen molar-refractivity contribution in [3.05, 3.63) is 65.2 Å². The largest absolute Gasteiger partial charge is 0.322 e. The molecule has 20 heavy (non-hydrogen) atoms. The van der Waals surface area contributed by atoms with Crippen molar-refractivity contribution in [2.45, 2.75) is 33.1 Å². The summed E-state index contributed by atoms with van der Waals surface area (Å²) in [6.07, 6.45) is 1.05. The van der Waals surface area contributed by atoms with Gasteiger partial charge in [0.25, 0.3) is 5.91 Å². The average Bonchev–Trinajstić information content (AvgIpc) is 2.47. The SMILES string of the molecule is CCC(C)c1ccccc1NC(=O)c1ccc(C)cc1. The molecule has 1 atom stereocenters. The van der Waals surface area contributed by atoms with Gasteiger partial charge in [-0.05, 0) is 43.0 Å². The van der Waals surface area contributed by atoms with E-state index in [0.29, 0.717) is 11.5 Å². The second-order valence-electron chi connectivity index (χ2n) is 5.22. The second-order valence-corrected chi connectivity index (χ2v) is 5.22. The molecular weight excluding hydrogens is 246 g/mol. The average molecular weight is 267 g/mol. The first-order chi connectivity index (χ1) is 9.61. The first kappa shape index (κ1) is 14.3. The number of aryl methyl sites for hydroxylation is 1. The molecule has 2 aromatic carbocycles. The Balaban J connectivity index is 2.21. The number of carbonyl (C=O) groups is 1. The van der Waals surface area contributed by atoms with Gasteiger partial charge in [0.1, 0.15) is 0 Å². The van der Waals surface area contributed by atoms with Crippen molar-refractivity contribution >= 4 is 11.6 Å². The summed E-state index contributed by atoms with van der Waals surface area (Å²) < 4.78 is 0. The molecule has 0 aliphatic heterocycles. The van der Waals surface area contributed by atoms with Crippen LogP contribution in [-0.4, -0.2) is 5.91 Å². The molecule has 0 saturated carbocycles. The van der Waals surface area contributed by atoms with Crippen LogP contribution in [0.2, 0.25) is 0 Å². The van der Waals surface area contributed by atoms with Crippen molar-refractivity contribution < 1.29 is 4.79 Å². The van der Waals surface area contributed by atoms with Crippen molar-refractivity contribution in [3.63, 3.8) is 0 Å². The number of amides is 1. The third kappa shape index (κ3) is 3.27. The van der Waals surface area contributed by atoms with Crippen LogP contribution in [0.4, 0.5) is 5.69 Å². The molecule has 0 aromatic heterocycles. The molecule has 104 valence electrons. The van der Waals surface area contributed by atoms with Gasteiger partial charge in [-0.15, -0.1) is 0 Å². The molecule has 2 aromatic rings. The standard InChI is InChI=1S/C18H21NO/c1-4-14(3)16-7-5-6-8-17(16)19-18(20)15-11-9-13(2)10-12-15/h5-12,14H,4H2,1-3H3,(H,19,20). The van der Waals surface area contributed by atoms with Gasteiger partial charge in [0.15, 0.2) is 0 Å². The molecule has 2 heteroatoms. The summed E-state index contributed by atoms with van der Waals surface area (Å²) in [5, 5.41) is 3.02. The van der Waals surface area contributed by atoms with E-state index in [4.69, 9.17) is 0 Å². The van der Waals surface area contributed by atoms with Gasteiger partial charge in [-0.3, -0.25) is 4.79 Å². The molecule has 1 amide bonds. The molecular formula is C18H21NO. The molecule has 0 bridgehead atoms. The Hall–Kier alpha value is -2.09. The first-order valence-corrected chi connectivity index (χ1v) is 7.08. The molecule has 2 rings (SSSR count). The van der Waals surface area contributed by atoms with Crippen LogP contribution in [0.3, 0.4) is 0 Å². The summed E-state index contributed by atoms with van der Waals surface area (Å²) >= 11 is 0. The number of anilines is 1. The minimum atomic E-state index is -0.0549. The predicted octanol–water partition coefficient (Wildman–Crippen LogP) is 4.76. The lowest BCUT2D eigenvalue weighted by molar-refractivity contribution is 0.102. The monoisotopic (exact) mass is 267 g/mol. The molecule has 0 spiro atoms. The fourth-order valence-electron chi connectivity index (χ4n) is 2.16. The van der Waals surface area contributed by atoms with E-state index in [2.05, 4.69) is 25.2 Å². The van der Waals surface area contributed by atoms with Crippen LogP contribution >= 0.6 is 0 Å². The Kier molecular flexibility index (Phi) is 4.57. The van der Waals surface area contributed by atoms with E-state index in [0.717, 1.165) is 17.7 Å². The maximum absolute atomic E-state index is 12.3. The number of nitrogens with one attached hydrogen (secondary N) is 1. The molecule has 0 fully saturated rings. The van der Waals surface area contributed by atoms with Gasteiger partial charge in [0, 0.05) is 11.3 Å². The van der Waals surface area contributed by atoms with Crippen molar-refractivity contribution in [2.75, 3.05) is 5.32 Å².